The Morgan fingerprint density at radius 1 is 1.24 bits per heavy atom. The molecule has 0 fully saturated rings. The summed E-state index contributed by atoms with van der Waals surface area (Å²) in [6, 6.07) is 4.36. The van der Waals surface area contributed by atoms with Gasteiger partial charge in [-0.3, -0.25) is 14.9 Å². The highest BCUT2D eigenvalue weighted by atomic mass is 32.1. The van der Waals surface area contributed by atoms with Gasteiger partial charge in [0, 0.05) is 6.20 Å². The number of rotatable bonds is 2. The van der Waals surface area contributed by atoms with E-state index in [4.69, 9.17) is 0 Å². The number of aryl methyl sites for hydroxylation is 2. The first-order chi connectivity index (χ1) is 11.7. The molecule has 2 N–H and O–H groups in total. The van der Waals surface area contributed by atoms with Crippen LogP contribution in [0.3, 0.4) is 0 Å². The van der Waals surface area contributed by atoms with Crippen LogP contribution in [-0.2, 0) is 6.18 Å². The molecule has 3 aromatic rings. The topological polar surface area (TPSA) is 74.8 Å². The molecular formula is C16H12F3N3O2S. The lowest BCUT2D eigenvalue weighted by molar-refractivity contribution is -0.138. The Kier molecular flexibility index (Phi) is 4.11. The molecule has 0 aliphatic carbocycles. The molecular weight excluding hydrogens is 355 g/mol. The smallest absolute Gasteiger partial charge is 0.328 e. The average Bonchev–Trinajstić information content (AvgIpc) is 2.95. The molecule has 0 unspecified atom stereocenters. The van der Waals surface area contributed by atoms with Gasteiger partial charge in [0.05, 0.1) is 15.8 Å². The molecule has 2 heterocycles. The fraction of sp³-hybridized carbons (Fsp3) is 0.188. The van der Waals surface area contributed by atoms with Crippen molar-refractivity contribution in [1.82, 2.24) is 9.97 Å². The second-order valence-corrected chi connectivity index (χ2v) is 6.48. The Hall–Kier alpha value is -2.68. The number of anilines is 1. The minimum absolute atomic E-state index is 0.275. The van der Waals surface area contributed by atoms with Crippen molar-refractivity contribution in [3.63, 3.8) is 0 Å². The number of thiazole rings is 1. The number of pyridine rings is 1. The van der Waals surface area contributed by atoms with Gasteiger partial charge in [-0.25, -0.2) is 4.98 Å². The third kappa shape index (κ3) is 3.27. The number of carbonyl (C=O) groups excluding carboxylic acids is 1. The summed E-state index contributed by atoms with van der Waals surface area (Å²) >= 11 is 1.24. The average molecular weight is 367 g/mol. The van der Waals surface area contributed by atoms with Crippen molar-refractivity contribution in [2.75, 3.05) is 5.32 Å². The number of nitrogens with zero attached hydrogens (tertiary/aromatic N) is 1. The zero-order chi connectivity index (χ0) is 18.4. The largest absolute Gasteiger partial charge is 0.421 e. The van der Waals surface area contributed by atoms with E-state index in [9.17, 15) is 22.8 Å². The monoisotopic (exact) mass is 367 g/mol. The maximum atomic E-state index is 12.8. The lowest BCUT2D eigenvalue weighted by atomic mass is 10.1. The summed E-state index contributed by atoms with van der Waals surface area (Å²) < 4.78 is 39.3. The van der Waals surface area contributed by atoms with Gasteiger partial charge in [-0.05, 0) is 31.0 Å². The zero-order valence-electron chi connectivity index (χ0n) is 13.1. The Morgan fingerprint density at radius 3 is 2.56 bits per heavy atom. The van der Waals surface area contributed by atoms with E-state index in [0.29, 0.717) is 6.07 Å². The highest BCUT2D eigenvalue weighted by Crippen LogP contribution is 2.31. The van der Waals surface area contributed by atoms with Gasteiger partial charge in [-0.15, -0.1) is 0 Å². The molecule has 2 aromatic heterocycles. The number of hydrogen-bond donors (Lipinski definition) is 2. The van der Waals surface area contributed by atoms with Gasteiger partial charge >= 0.3 is 6.18 Å². The van der Waals surface area contributed by atoms with Crippen LogP contribution in [0.2, 0.25) is 0 Å². The van der Waals surface area contributed by atoms with Crippen molar-refractivity contribution in [3.8, 4) is 0 Å². The van der Waals surface area contributed by atoms with Gasteiger partial charge in [0.1, 0.15) is 5.56 Å². The predicted octanol–water partition coefficient (Wildman–Crippen LogP) is 3.87. The van der Waals surface area contributed by atoms with Crippen molar-refractivity contribution >= 4 is 32.6 Å². The third-order valence-corrected chi connectivity index (χ3v) is 4.74. The fourth-order valence-corrected chi connectivity index (χ4v) is 3.31. The van der Waals surface area contributed by atoms with Gasteiger partial charge in [0.15, 0.2) is 5.13 Å². The molecule has 130 valence electrons. The highest BCUT2D eigenvalue weighted by molar-refractivity contribution is 7.22. The van der Waals surface area contributed by atoms with Crippen LogP contribution in [0.4, 0.5) is 18.3 Å². The number of alkyl halides is 3. The molecule has 0 spiro atoms. The molecule has 9 heteroatoms. The number of aromatic nitrogens is 2. The summed E-state index contributed by atoms with van der Waals surface area (Å²) in [4.78, 5) is 29.7. The Morgan fingerprint density at radius 2 is 1.92 bits per heavy atom. The van der Waals surface area contributed by atoms with E-state index in [1.165, 1.54) is 11.3 Å². The number of fused-ring (bicyclic) bond motifs is 1. The van der Waals surface area contributed by atoms with Crippen LogP contribution in [0.5, 0.6) is 0 Å². The number of H-pyrrole nitrogens is 1. The standard InChI is InChI=1S/C16H12F3N3O2S/c1-7-3-4-8(2)12-11(7)21-15(25-12)22-13(23)9-5-10(16(17,18)19)14(24)20-6-9/h3-6H,1-2H3,(H,20,24)(H,21,22,23). The van der Waals surface area contributed by atoms with E-state index >= 15 is 0 Å². The molecule has 3 rings (SSSR count). The van der Waals surface area contributed by atoms with Crippen molar-refractivity contribution in [3.05, 3.63) is 57.0 Å². The van der Waals surface area contributed by atoms with E-state index in [1.807, 2.05) is 31.0 Å². The van der Waals surface area contributed by atoms with Crippen LogP contribution in [0.15, 0.2) is 29.2 Å². The van der Waals surface area contributed by atoms with Gasteiger partial charge in [0.2, 0.25) is 0 Å². The van der Waals surface area contributed by atoms with Gasteiger partial charge in [-0.1, -0.05) is 23.5 Å². The minimum atomic E-state index is -4.84. The maximum Gasteiger partial charge on any atom is 0.421 e. The van der Waals surface area contributed by atoms with Crippen molar-refractivity contribution in [2.24, 2.45) is 0 Å². The Bertz CT molecular complexity index is 998. The lowest BCUT2D eigenvalue weighted by Gasteiger charge is -2.07. The number of halogens is 3. The first kappa shape index (κ1) is 17.2. The van der Waals surface area contributed by atoms with E-state index in [2.05, 4.69) is 10.3 Å². The summed E-state index contributed by atoms with van der Waals surface area (Å²) in [5.74, 6) is -0.781. The third-order valence-electron chi connectivity index (χ3n) is 3.63. The molecule has 1 aromatic carbocycles. The van der Waals surface area contributed by atoms with Crippen LogP contribution in [0.25, 0.3) is 10.2 Å². The summed E-state index contributed by atoms with van der Waals surface area (Å²) in [7, 11) is 0. The SMILES string of the molecule is Cc1ccc(C)c2sc(NC(=O)c3c[nH]c(=O)c(C(F)(F)F)c3)nc12. The van der Waals surface area contributed by atoms with Crippen LogP contribution in [-0.4, -0.2) is 15.9 Å². The molecule has 25 heavy (non-hydrogen) atoms. The van der Waals surface area contributed by atoms with Crippen LogP contribution >= 0.6 is 11.3 Å². The number of nitrogens with one attached hydrogen (secondary N) is 2. The Labute approximate surface area is 143 Å². The van der Waals surface area contributed by atoms with Gasteiger partial charge in [0.25, 0.3) is 11.5 Å². The summed E-state index contributed by atoms with van der Waals surface area (Å²) in [5.41, 5.74) is -0.369. The quantitative estimate of drug-likeness (QED) is 0.722. The highest BCUT2D eigenvalue weighted by Gasteiger charge is 2.34. The minimum Gasteiger partial charge on any atom is -0.328 e. The molecule has 0 aliphatic rings. The zero-order valence-corrected chi connectivity index (χ0v) is 13.9. The van der Waals surface area contributed by atoms with Gasteiger partial charge < -0.3 is 4.98 Å². The molecule has 1 amide bonds. The molecule has 0 saturated heterocycles. The summed E-state index contributed by atoms with van der Waals surface area (Å²) in [6.45, 7) is 3.79. The van der Waals surface area contributed by atoms with Crippen molar-refractivity contribution in [1.29, 1.82) is 0 Å². The molecule has 5 nitrogen and oxygen atoms in total. The number of amides is 1. The second-order valence-electron chi connectivity index (χ2n) is 5.48. The normalized spacial score (nSPS) is 11.7. The van der Waals surface area contributed by atoms with Crippen LogP contribution in [0.1, 0.15) is 27.0 Å². The van der Waals surface area contributed by atoms with Gasteiger partial charge in [-0.2, -0.15) is 13.2 Å². The molecule has 0 aliphatic heterocycles. The van der Waals surface area contributed by atoms with E-state index < -0.39 is 23.2 Å². The number of hydrogen-bond acceptors (Lipinski definition) is 4. The first-order valence-electron chi connectivity index (χ1n) is 7.15. The predicted molar refractivity (Wildman–Crippen MR) is 89.1 cm³/mol. The van der Waals surface area contributed by atoms with Crippen molar-refractivity contribution < 1.29 is 18.0 Å². The van der Waals surface area contributed by atoms with Crippen molar-refractivity contribution in [2.45, 2.75) is 20.0 Å². The second kappa shape index (κ2) is 5.99. The number of aromatic amines is 1. The van der Waals surface area contributed by atoms with E-state index in [1.54, 1.807) is 0 Å². The Balaban J connectivity index is 1.94. The van der Waals surface area contributed by atoms with Crippen LogP contribution < -0.4 is 10.9 Å². The summed E-state index contributed by atoms with van der Waals surface area (Å²) in [5, 5.41) is 2.75. The first-order valence-corrected chi connectivity index (χ1v) is 7.96. The maximum absolute atomic E-state index is 12.8. The lowest BCUT2D eigenvalue weighted by Crippen LogP contribution is -2.23. The van der Waals surface area contributed by atoms with E-state index in [-0.39, 0.29) is 10.7 Å². The van der Waals surface area contributed by atoms with E-state index in [0.717, 1.165) is 27.5 Å². The molecule has 0 atom stereocenters. The molecule has 0 bridgehead atoms. The van der Waals surface area contributed by atoms with Crippen LogP contribution in [0, 0.1) is 13.8 Å². The number of carbonyl (C=O) groups is 1. The summed E-state index contributed by atoms with van der Waals surface area (Å²) in [6.07, 6.45) is -3.90. The fourth-order valence-electron chi connectivity index (χ4n) is 2.31. The molecule has 0 saturated carbocycles. The molecule has 0 radical (unpaired) electrons. The number of benzene rings is 1.